The number of likely N-dealkylation sites (N-methyl/N-ethyl adjacent to an activating group) is 1. The van der Waals surface area contributed by atoms with Gasteiger partial charge in [0.2, 0.25) is 5.91 Å². The van der Waals surface area contributed by atoms with Crippen molar-refractivity contribution in [1.82, 2.24) is 9.88 Å². The lowest BCUT2D eigenvalue weighted by molar-refractivity contribution is -0.129. The molecular formula is C13H14N2OS2. The third kappa shape index (κ3) is 3.58. The minimum Gasteiger partial charge on any atom is -0.340 e. The van der Waals surface area contributed by atoms with Gasteiger partial charge in [0, 0.05) is 17.3 Å². The molecule has 0 saturated carbocycles. The highest BCUT2D eigenvalue weighted by atomic mass is 32.1. The fourth-order valence-corrected chi connectivity index (χ4v) is 2.27. The first-order valence-corrected chi connectivity index (χ1v) is 6.93. The fourth-order valence-electron chi connectivity index (χ4n) is 1.57. The number of carbonyl (C=O) groups is 1. The topological polar surface area (TPSA) is 33.2 Å². The average molecular weight is 278 g/mol. The lowest BCUT2D eigenvalue weighted by atomic mass is 10.1. The number of hydrogen-bond acceptors (Lipinski definition) is 4. The lowest BCUT2D eigenvalue weighted by Crippen LogP contribution is -2.27. The minimum absolute atomic E-state index is 0.0925. The zero-order chi connectivity index (χ0) is 13.0. The molecule has 1 aromatic heterocycles. The van der Waals surface area contributed by atoms with Crippen LogP contribution in [0.5, 0.6) is 0 Å². The summed E-state index contributed by atoms with van der Waals surface area (Å²) in [6, 6.07) is 7.64. The van der Waals surface area contributed by atoms with Crippen molar-refractivity contribution in [1.29, 1.82) is 0 Å². The Bertz CT molecular complexity index is 508. The van der Waals surface area contributed by atoms with Gasteiger partial charge in [-0.2, -0.15) is 0 Å². The molecule has 0 aliphatic carbocycles. The number of thiol groups is 1. The van der Waals surface area contributed by atoms with Crippen LogP contribution in [0, 0.1) is 0 Å². The van der Waals surface area contributed by atoms with Crippen LogP contribution in [0.4, 0.5) is 0 Å². The van der Waals surface area contributed by atoms with E-state index in [1.54, 1.807) is 28.8 Å². The molecule has 1 aromatic carbocycles. The highest BCUT2D eigenvalue weighted by Crippen LogP contribution is 2.10. The SMILES string of the molecule is CN(Cc1cscn1)C(=O)Cc1ccc(S)cc1. The maximum Gasteiger partial charge on any atom is 0.227 e. The largest absolute Gasteiger partial charge is 0.340 e. The second-order valence-electron chi connectivity index (χ2n) is 4.07. The van der Waals surface area contributed by atoms with E-state index in [9.17, 15) is 4.79 Å². The van der Waals surface area contributed by atoms with Gasteiger partial charge in [0.25, 0.3) is 0 Å². The van der Waals surface area contributed by atoms with Crippen LogP contribution < -0.4 is 0 Å². The fraction of sp³-hybridized carbons (Fsp3) is 0.231. The standard InChI is InChI=1S/C13H14N2OS2/c1-15(7-11-8-18-9-14-11)13(16)6-10-2-4-12(17)5-3-10/h2-5,8-9,17H,6-7H2,1H3. The highest BCUT2D eigenvalue weighted by Gasteiger charge is 2.10. The quantitative estimate of drug-likeness (QED) is 0.872. The maximum atomic E-state index is 12.0. The Morgan fingerprint density at radius 2 is 2.11 bits per heavy atom. The lowest BCUT2D eigenvalue weighted by Gasteiger charge is -2.15. The zero-order valence-electron chi connectivity index (χ0n) is 10.0. The van der Waals surface area contributed by atoms with Gasteiger partial charge < -0.3 is 4.90 Å². The second-order valence-corrected chi connectivity index (χ2v) is 5.31. The van der Waals surface area contributed by atoms with Crippen molar-refractivity contribution >= 4 is 29.9 Å². The summed E-state index contributed by atoms with van der Waals surface area (Å²) in [7, 11) is 1.80. The van der Waals surface area contributed by atoms with Crippen molar-refractivity contribution in [2.75, 3.05) is 7.05 Å². The Hall–Kier alpha value is -1.33. The molecule has 0 aliphatic heterocycles. The van der Waals surface area contributed by atoms with Crippen LogP contribution in [-0.4, -0.2) is 22.8 Å². The van der Waals surface area contributed by atoms with Crippen LogP contribution in [0.1, 0.15) is 11.3 Å². The van der Waals surface area contributed by atoms with Gasteiger partial charge in [-0.05, 0) is 17.7 Å². The van der Waals surface area contributed by atoms with E-state index in [-0.39, 0.29) is 5.91 Å². The molecule has 0 saturated heterocycles. The molecule has 0 fully saturated rings. The van der Waals surface area contributed by atoms with E-state index in [4.69, 9.17) is 0 Å². The predicted octanol–water partition coefficient (Wildman–Crippen LogP) is 2.63. The van der Waals surface area contributed by atoms with Gasteiger partial charge in [0.15, 0.2) is 0 Å². The number of thiazole rings is 1. The molecule has 1 amide bonds. The van der Waals surface area contributed by atoms with Gasteiger partial charge in [-0.25, -0.2) is 4.98 Å². The molecule has 2 aromatic rings. The number of nitrogens with zero attached hydrogens (tertiary/aromatic N) is 2. The Kier molecular flexibility index (Phi) is 4.38. The van der Waals surface area contributed by atoms with Crippen LogP contribution in [0.3, 0.4) is 0 Å². The van der Waals surface area contributed by atoms with Crippen molar-refractivity contribution in [3.05, 3.63) is 46.4 Å². The molecule has 18 heavy (non-hydrogen) atoms. The molecule has 5 heteroatoms. The van der Waals surface area contributed by atoms with Gasteiger partial charge in [-0.1, -0.05) is 12.1 Å². The summed E-state index contributed by atoms with van der Waals surface area (Å²) in [6.07, 6.45) is 0.411. The molecule has 0 aliphatic rings. The third-order valence-electron chi connectivity index (χ3n) is 2.60. The monoisotopic (exact) mass is 278 g/mol. The smallest absolute Gasteiger partial charge is 0.227 e. The number of aromatic nitrogens is 1. The van der Waals surface area contributed by atoms with Crippen molar-refractivity contribution in [3.8, 4) is 0 Å². The van der Waals surface area contributed by atoms with Crippen molar-refractivity contribution in [2.24, 2.45) is 0 Å². The molecule has 0 atom stereocenters. The van der Waals surface area contributed by atoms with Crippen LogP contribution in [0.2, 0.25) is 0 Å². The first-order valence-electron chi connectivity index (χ1n) is 5.54. The van der Waals surface area contributed by atoms with E-state index in [2.05, 4.69) is 17.6 Å². The van der Waals surface area contributed by atoms with Crippen molar-refractivity contribution < 1.29 is 4.79 Å². The Morgan fingerprint density at radius 1 is 1.39 bits per heavy atom. The summed E-state index contributed by atoms with van der Waals surface area (Å²) >= 11 is 5.76. The summed E-state index contributed by atoms with van der Waals surface area (Å²) < 4.78 is 0. The van der Waals surface area contributed by atoms with Gasteiger partial charge in [-0.3, -0.25) is 4.79 Å². The highest BCUT2D eigenvalue weighted by molar-refractivity contribution is 7.80. The molecule has 0 N–H and O–H groups in total. The average Bonchev–Trinajstić information content (AvgIpc) is 2.85. The van der Waals surface area contributed by atoms with E-state index >= 15 is 0 Å². The molecule has 94 valence electrons. The zero-order valence-corrected chi connectivity index (χ0v) is 11.7. The van der Waals surface area contributed by atoms with Gasteiger partial charge in [0.1, 0.15) is 0 Å². The Balaban J connectivity index is 1.93. The second kappa shape index (κ2) is 6.02. The van der Waals surface area contributed by atoms with E-state index in [1.807, 2.05) is 29.6 Å². The molecular weight excluding hydrogens is 264 g/mol. The normalized spacial score (nSPS) is 10.3. The number of hydrogen-bond donors (Lipinski definition) is 1. The first-order chi connectivity index (χ1) is 8.65. The van der Waals surface area contributed by atoms with E-state index in [0.29, 0.717) is 13.0 Å². The first kappa shape index (κ1) is 13.1. The van der Waals surface area contributed by atoms with Crippen LogP contribution in [-0.2, 0) is 17.8 Å². The minimum atomic E-state index is 0.0925. The van der Waals surface area contributed by atoms with Gasteiger partial charge in [-0.15, -0.1) is 24.0 Å². The van der Waals surface area contributed by atoms with Crippen LogP contribution in [0.25, 0.3) is 0 Å². The molecule has 0 spiro atoms. The van der Waals surface area contributed by atoms with Crippen LogP contribution in [0.15, 0.2) is 40.1 Å². The summed E-state index contributed by atoms with van der Waals surface area (Å²) in [5, 5.41) is 1.96. The van der Waals surface area contributed by atoms with Crippen molar-refractivity contribution in [2.45, 2.75) is 17.9 Å². The number of amides is 1. The summed E-state index contributed by atoms with van der Waals surface area (Å²) in [6.45, 7) is 0.562. The summed E-state index contributed by atoms with van der Waals surface area (Å²) in [5.74, 6) is 0.0925. The molecule has 0 unspecified atom stereocenters. The molecule has 0 radical (unpaired) electrons. The van der Waals surface area contributed by atoms with E-state index < -0.39 is 0 Å². The number of carbonyl (C=O) groups excluding carboxylic acids is 1. The maximum absolute atomic E-state index is 12.0. The molecule has 2 rings (SSSR count). The van der Waals surface area contributed by atoms with Gasteiger partial charge >= 0.3 is 0 Å². The molecule has 1 heterocycles. The number of rotatable bonds is 4. The Morgan fingerprint density at radius 3 is 2.72 bits per heavy atom. The molecule has 0 bridgehead atoms. The Labute approximate surface area is 116 Å². The molecule has 3 nitrogen and oxygen atoms in total. The van der Waals surface area contributed by atoms with E-state index in [1.165, 1.54) is 0 Å². The summed E-state index contributed by atoms with van der Waals surface area (Å²) in [5.41, 5.74) is 3.71. The number of benzene rings is 1. The van der Waals surface area contributed by atoms with Gasteiger partial charge in [0.05, 0.1) is 24.2 Å². The third-order valence-corrected chi connectivity index (χ3v) is 3.53. The van der Waals surface area contributed by atoms with Crippen LogP contribution >= 0.6 is 24.0 Å². The van der Waals surface area contributed by atoms with Crippen molar-refractivity contribution in [3.63, 3.8) is 0 Å². The predicted molar refractivity (Wildman–Crippen MR) is 76.0 cm³/mol. The summed E-state index contributed by atoms with van der Waals surface area (Å²) in [4.78, 5) is 18.8. The van der Waals surface area contributed by atoms with E-state index in [0.717, 1.165) is 16.2 Å².